The van der Waals surface area contributed by atoms with E-state index in [9.17, 15) is 4.79 Å². The Hall–Kier alpha value is -0.650. The van der Waals surface area contributed by atoms with Crippen LogP contribution >= 0.6 is 0 Å². The van der Waals surface area contributed by atoms with Crippen LogP contribution in [-0.2, 0) is 9.53 Å². The highest BCUT2D eigenvalue weighted by Gasteiger charge is 2.30. The molecule has 0 aromatic heterocycles. The fourth-order valence-electron chi connectivity index (χ4n) is 3.10. The van der Waals surface area contributed by atoms with Crippen molar-refractivity contribution in [2.45, 2.75) is 57.2 Å². The zero-order chi connectivity index (χ0) is 13.7. The number of morpholine rings is 1. The molecule has 0 aromatic carbocycles. The van der Waals surface area contributed by atoms with E-state index in [-0.39, 0.29) is 18.0 Å². The molecule has 5 heteroatoms. The van der Waals surface area contributed by atoms with Gasteiger partial charge in [0, 0.05) is 25.2 Å². The SMILES string of the molecule is CC(C(=O)NC1CCCCC1)N1CCOCC1CN. The number of rotatable bonds is 4. The first-order valence-electron chi connectivity index (χ1n) is 7.56. The second-order valence-corrected chi connectivity index (χ2v) is 5.72. The number of carbonyl (C=O) groups is 1. The number of hydrogen-bond donors (Lipinski definition) is 2. The van der Waals surface area contributed by atoms with Crippen molar-refractivity contribution < 1.29 is 9.53 Å². The molecule has 1 aliphatic heterocycles. The van der Waals surface area contributed by atoms with Gasteiger partial charge in [-0.1, -0.05) is 19.3 Å². The van der Waals surface area contributed by atoms with Crippen LogP contribution in [0.15, 0.2) is 0 Å². The van der Waals surface area contributed by atoms with Crippen LogP contribution in [0.1, 0.15) is 39.0 Å². The molecule has 0 spiro atoms. The summed E-state index contributed by atoms with van der Waals surface area (Å²) in [6.45, 7) is 4.64. The molecule has 2 fully saturated rings. The van der Waals surface area contributed by atoms with Gasteiger partial charge in [0.05, 0.1) is 19.3 Å². The highest BCUT2D eigenvalue weighted by molar-refractivity contribution is 5.81. The summed E-state index contributed by atoms with van der Waals surface area (Å²) in [6.07, 6.45) is 6.04. The van der Waals surface area contributed by atoms with Gasteiger partial charge < -0.3 is 15.8 Å². The molecule has 2 atom stereocenters. The average molecular weight is 269 g/mol. The average Bonchev–Trinajstić information content (AvgIpc) is 2.47. The summed E-state index contributed by atoms with van der Waals surface area (Å²) in [5.74, 6) is 0.146. The zero-order valence-electron chi connectivity index (χ0n) is 11.9. The predicted octanol–water partition coefficient (Wildman–Crippen LogP) is 0.483. The highest BCUT2D eigenvalue weighted by atomic mass is 16.5. The molecule has 1 saturated carbocycles. The van der Waals surface area contributed by atoms with E-state index in [0.29, 0.717) is 25.8 Å². The fraction of sp³-hybridized carbons (Fsp3) is 0.929. The smallest absolute Gasteiger partial charge is 0.237 e. The lowest BCUT2D eigenvalue weighted by Gasteiger charge is -2.39. The summed E-state index contributed by atoms with van der Waals surface area (Å²) >= 11 is 0. The van der Waals surface area contributed by atoms with Gasteiger partial charge in [-0.15, -0.1) is 0 Å². The van der Waals surface area contributed by atoms with Crippen molar-refractivity contribution >= 4 is 5.91 Å². The second kappa shape index (κ2) is 7.22. The lowest BCUT2D eigenvalue weighted by Crippen LogP contribution is -2.58. The molecule has 2 aliphatic rings. The fourth-order valence-corrected chi connectivity index (χ4v) is 3.10. The summed E-state index contributed by atoms with van der Waals surface area (Å²) in [7, 11) is 0. The maximum absolute atomic E-state index is 12.3. The number of amides is 1. The van der Waals surface area contributed by atoms with Gasteiger partial charge in [-0.25, -0.2) is 0 Å². The van der Waals surface area contributed by atoms with Gasteiger partial charge in [-0.3, -0.25) is 9.69 Å². The largest absolute Gasteiger partial charge is 0.378 e. The molecule has 2 rings (SSSR count). The van der Waals surface area contributed by atoms with Gasteiger partial charge in [0.2, 0.25) is 5.91 Å². The van der Waals surface area contributed by atoms with Crippen molar-refractivity contribution in [2.24, 2.45) is 5.73 Å². The number of nitrogens with two attached hydrogens (primary N) is 1. The predicted molar refractivity (Wildman–Crippen MR) is 74.8 cm³/mol. The van der Waals surface area contributed by atoms with Crippen molar-refractivity contribution in [1.29, 1.82) is 0 Å². The van der Waals surface area contributed by atoms with Crippen LogP contribution < -0.4 is 11.1 Å². The molecule has 19 heavy (non-hydrogen) atoms. The van der Waals surface area contributed by atoms with E-state index < -0.39 is 0 Å². The number of hydrogen-bond acceptors (Lipinski definition) is 4. The molecule has 0 bridgehead atoms. The Balaban J connectivity index is 1.86. The maximum atomic E-state index is 12.3. The molecule has 3 N–H and O–H groups in total. The number of ether oxygens (including phenoxy) is 1. The lowest BCUT2D eigenvalue weighted by atomic mass is 9.95. The van der Waals surface area contributed by atoms with Gasteiger partial charge >= 0.3 is 0 Å². The molecule has 110 valence electrons. The Morgan fingerprint density at radius 2 is 2.16 bits per heavy atom. The van der Waals surface area contributed by atoms with Gasteiger partial charge in [0.1, 0.15) is 0 Å². The van der Waals surface area contributed by atoms with E-state index >= 15 is 0 Å². The van der Waals surface area contributed by atoms with E-state index in [1.807, 2.05) is 6.92 Å². The third kappa shape index (κ3) is 3.91. The normalized spacial score (nSPS) is 28.0. The Kier molecular flexibility index (Phi) is 5.60. The summed E-state index contributed by atoms with van der Waals surface area (Å²) in [5.41, 5.74) is 5.76. The van der Waals surface area contributed by atoms with Crippen LogP contribution in [-0.4, -0.2) is 55.2 Å². The number of carbonyl (C=O) groups excluding carboxylic acids is 1. The summed E-state index contributed by atoms with van der Waals surface area (Å²) in [5, 5.41) is 3.20. The van der Waals surface area contributed by atoms with Crippen LogP contribution in [0, 0.1) is 0 Å². The monoisotopic (exact) mass is 269 g/mol. The Morgan fingerprint density at radius 1 is 1.42 bits per heavy atom. The van der Waals surface area contributed by atoms with Crippen molar-refractivity contribution in [3.05, 3.63) is 0 Å². The van der Waals surface area contributed by atoms with Crippen LogP contribution in [0.3, 0.4) is 0 Å². The molecule has 1 aliphatic carbocycles. The molecule has 1 amide bonds. The minimum Gasteiger partial charge on any atom is -0.378 e. The molecule has 0 aromatic rings. The molecule has 0 radical (unpaired) electrons. The summed E-state index contributed by atoms with van der Waals surface area (Å²) in [4.78, 5) is 14.5. The Bertz CT molecular complexity index is 292. The Morgan fingerprint density at radius 3 is 2.84 bits per heavy atom. The molecular weight excluding hydrogens is 242 g/mol. The second-order valence-electron chi connectivity index (χ2n) is 5.72. The van der Waals surface area contributed by atoms with Crippen LogP contribution in [0.4, 0.5) is 0 Å². The lowest BCUT2D eigenvalue weighted by molar-refractivity contribution is -0.130. The quantitative estimate of drug-likeness (QED) is 0.779. The maximum Gasteiger partial charge on any atom is 0.237 e. The Labute approximate surface area is 115 Å². The standard InChI is InChI=1S/C14H27N3O2/c1-11(17-7-8-19-10-13(17)9-15)14(18)16-12-5-3-2-4-6-12/h11-13H,2-10,15H2,1H3,(H,16,18). The topological polar surface area (TPSA) is 67.6 Å². The first-order valence-corrected chi connectivity index (χ1v) is 7.56. The van der Waals surface area contributed by atoms with Crippen molar-refractivity contribution in [1.82, 2.24) is 10.2 Å². The van der Waals surface area contributed by atoms with Crippen molar-refractivity contribution in [3.63, 3.8) is 0 Å². The zero-order valence-corrected chi connectivity index (χ0v) is 11.9. The summed E-state index contributed by atoms with van der Waals surface area (Å²) in [6, 6.07) is 0.432. The molecular formula is C14H27N3O2. The van der Waals surface area contributed by atoms with Crippen LogP contribution in [0.2, 0.25) is 0 Å². The van der Waals surface area contributed by atoms with E-state index in [1.54, 1.807) is 0 Å². The van der Waals surface area contributed by atoms with E-state index in [0.717, 1.165) is 19.4 Å². The van der Waals surface area contributed by atoms with Gasteiger partial charge in [-0.2, -0.15) is 0 Å². The first kappa shape index (κ1) is 14.8. The van der Waals surface area contributed by atoms with Gasteiger partial charge in [-0.05, 0) is 19.8 Å². The van der Waals surface area contributed by atoms with Crippen LogP contribution in [0.25, 0.3) is 0 Å². The molecule has 1 saturated heterocycles. The third-order valence-electron chi connectivity index (χ3n) is 4.37. The molecule has 1 heterocycles. The van der Waals surface area contributed by atoms with Crippen LogP contribution in [0.5, 0.6) is 0 Å². The van der Waals surface area contributed by atoms with E-state index in [2.05, 4.69) is 10.2 Å². The van der Waals surface area contributed by atoms with Crippen molar-refractivity contribution in [2.75, 3.05) is 26.3 Å². The minimum absolute atomic E-state index is 0.112. The van der Waals surface area contributed by atoms with E-state index in [4.69, 9.17) is 10.5 Å². The first-order chi connectivity index (χ1) is 9.22. The number of nitrogens with one attached hydrogen (secondary N) is 1. The molecule has 5 nitrogen and oxygen atoms in total. The van der Waals surface area contributed by atoms with E-state index in [1.165, 1.54) is 19.3 Å². The minimum atomic E-state index is -0.112. The van der Waals surface area contributed by atoms with Gasteiger partial charge in [0.25, 0.3) is 0 Å². The molecule has 2 unspecified atom stereocenters. The highest BCUT2D eigenvalue weighted by Crippen LogP contribution is 2.18. The van der Waals surface area contributed by atoms with Crippen molar-refractivity contribution in [3.8, 4) is 0 Å². The summed E-state index contributed by atoms with van der Waals surface area (Å²) < 4.78 is 5.43. The van der Waals surface area contributed by atoms with Gasteiger partial charge in [0.15, 0.2) is 0 Å². The third-order valence-corrected chi connectivity index (χ3v) is 4.37. The number of nitrogens with zero attached hydrogens (tertiary/aromatic N) is 1.